The summed E-state index contributed by atoms with van der Waals surface area (Å²) in [6.45, 7) is 4.05. The maximum absolute atomic E-state index is 11.6. The minimum atomic E-state index is -0.397. The fourth-order valence-corrected chi connectivity index (χ4v) is 2.83. The smallest absolute Gasteiger partial charge is 0.408 e. The molecule has 0 spiro atoms. The summed E-state index contributed by atoms with van der Waals surface area (Å²) in [5, 5.41) is 4.05. The SMILES string of the molecule is Cc1cc(C)cc(-c2nc(-c3ccc4c(c3)oc(=O)n4C)no2)c1. The Kier molecular flexibility index (Phi) is 3.13. The van der Waals surface area contributed by atoms with Crippen LogP contribution in [0.1, 0.15) is 11.1 Å². The van der Waals surface area contributed by atoms with Crippen LogP contribution in [0.4, 0.5) is 0 Å². The van der Waals surface area contributed by atoms with E-state index in [0.29, 0.717) is 17.3 Å². The Balaban J connectivity index is 1.78. The average molecular weight is 321 g/mol. The van der Waals surface area contributed by atoms with Crippen molar-refractivity contribution in [1.82, 2.24) is 14.7 Å². The summed E-state index contributed by atoms with van der Waals surface area (Å²) in [6.07, 6.45) is 0. The molecule has 0 saturated heterocycles. The second kappa shape index (κ2) is 5.19. The number of rotatable bonds is 2. The van der Waals surface area contributed by atoms with Gasteiger partial charge in [-0.25, -0.2) is 4.79 Å². The monoisotopic (exact) mass is 321 g/mol. The minimum Gasteiger partial charge on any atom is -0.408 e. The van der Waals surface area contributed by atoms with Crippen LogP contribution in [-0.2, 0) is 7.05 Å². The average Bonchev–Trinajstić information content (AvgIpc) is 3.12. The molecule has 0 aliphatic rings. The van der Waals surface area contributed by atoms with Gasteiger partial charge in [0.15, 0.2) is 5.58 Å². The van der Waals surface area contributed by atoms with E-state index < -0.39 is 5.76 Å². The van der Waals surface area contributed by atoms with Gasteiger partial charge in [0.25, 0.3) is 5.89 Å². The van der Waals surface area contributed by atoms with Gasteiger partial charge in [0.2, 0.25) is 5.82 Å². The third kappa shape index (κ3) is 2.32. The molecule has 0 fully saturated rings. The molecule has 0 amide bonds. The Hall–Kier alpha value is -3.15. The van der Waals surface area contributed by atoms with Gasteiger partial charge in [0.05, 0.1) is 5.52 Å². The highest BCUT2D eigenvalue weighted by atomic mass is 16.5. The van der Waals surface area contributed by atoms with Crippen LogP contribution in [0.3, 0.4) is 0 Å². The second-order valence-electron chi connectivity index (χ2n) is 5.91. The van der Waals surface area contributed by atoms with Gasteiger partial charge in [-0.1, -0.05) is 22.3 Å². The summed E-state index contributed by atoms with van der Waals surface area (Å²) in [7, 11) is 1.67. The van der Waals surface area contributed by atoms with Crippen LogP contribution in [0.25, 0.3) is 33.9 Å². The number of fused-ring (bicyclic) bond motifs is 1. The number of aryl methyl sites for hydroxylation is 3. The lowest BCUT2D eigenvalue weighted by Crippen LogP contribution is -2.08. The highest BCUT2D eigenvalue weighted by molar-refractivity contribution is 5.79. The van der Waals surface area contributed by atoms with E-state index in [4.69, 9.17) is 8.94 Å². The zero-order valence-electron chi connectivity index (χ0n) is 13.5. The first kappa shape index (κ1) is 14.4. The Morgan fingerprint density at radius 3 is 2.50 bits per heavy atom. The molecule has 0 aliphatic carbocycles. The molecule has 4 rings (SSSR count). The molecule has 120 valence electrons. The highest BCUT2D eigenvalue weighted by Crippen LogP contribution is 2.26. The van der Waals surface area contributed by atoms with Crippen LogP contribution >= 0.6 is 0 Å². The van der Waals surface area contributed by atoms with Crippen molar-refractivity contribution in [2.24, 2.45) is 7.05 Å². The van der Waals surface area contributed by atoms with Crippen LogP contribution in [0.2, 0.25) is 0 Å². The number of oxazole rings is 1. The lowest BCUT2D eigenvalue weighted by atomic mass is 10.1. The van der Waals surface area contributed by atoms with Gasteiger partial charge in [-0.2, -0.15) is 4.98 Å². The van der Waals surface area contributed by atoms with Gasteiger partial charge < -0.3 is 8.94 Å². The third-order valence-corrected chi connectivity index (χ3v) is 3.95. The normalized spacial score (nSPS) is 11.3. The van der Waals surface area contributed by atoms with Crippen LogP contribution in [0.15, 0.2) is 50.1 Å². The summed E-state index contributed by atoms with van der Waals surface area (Å²) in [6, 6.07) is 11.5. The lowest BCUT2D eigenvalue weighted by molar-refractivity contribution is 0.432. The van der Waals surface area contributed by atoms with Crippen molar-refractivity contribution < 1.29 is 8.94 Å². The third-order valence-electron chi connectivity index (χ3n) is 3.95. The Morgan fingerprint density at radius 2 is 1.75 bits per heavy atom. The number of benzene rings is 2. The zero-order chi connectivity index (χ0) is 16.8. The van der Waals surface area contributed by atoms with E-state index in [1.165, 1.54) is 4.57 Å². The number of aromatic nitrogens is 3. The van der Waals surface area contributed by atoms with E-state index in [1.807, 2.05) is 38.1 Å². The van der Waals surface area contributed by atoms with Gasteiger partial charge in [-0.15, -0.1) is 0 Å². The van der Waals surface area contributed by atoms with Crippen LogP contribution < -0.4 is 5.76 Å². The zero-order valence-corrected chi connectivity index (χ0v) is 13.5. The molecule has 0 radical (unpaired) electrons. The van der Waals surface area contributed by atoms with Crippen molar-refractivity contribution in [3.05, 3.63) is 58.1 Å². The fraction of sp³-hybridized carbons (Fsp3) is 0.167. The minimum absolute atomic E-state index is 0.397. The van der Waals surface area contributed by atoms with E-state index in [1.54, 1.807) is 13.1 Å². The number of nitrogens with zero attached hydrogens (tertiary/aromatic N) is 3. The Bertz CT molecular complexity index is 1100. The first-order chi connectivity index (χ1) is 11.5. The molecule has 6 heteroatoms. The molecule has 0 N–H and O–H groups in total. The molecule has 0 unspecified atom stereocenters. The Labute approximate surface area is 137 Å². The molecule has 0 atom stereocenters. The number of hydrogen-bond acceptors (Lipinski definition) is 5. The molecule has 0 aliphatic heterocycles. The van der Waals surface area contributed by atoms with Gasteiger partial charge in [-0.3, -0.25) is 4.57 Å². The van der Waals surface area contributed by atoms with Crippen LogP contribution in [0, 0.1) is 13.8 Å². The molecule has 24 heavy (non-hydrogen) atoms. The van der Waals surface area contributed by atoms with Crippen LogP contribution in [-0.4, -0.2) is 14.7 Å². The fourth-order valence-electron chi connectivity index (χ4n) is 2.83. The summed E-state index contributed by atoms with van der Waals surface area (Å²) in [4.78, 5) is 16.1. The van der Waals surface area contributed by atoms with Crippen molar-refractivity contribution in [2.45, 2.75) is 13.8 Å². The van der Waals surface area contributed by atoms with Gasteiger partial charge in [0.1, 0.15) is 0 Å². The predicted octanol–water partition coefficient (Wildman–Crippen LogP) is 3.47. The van der Waals surface area contributed by atoms with E-state index in [9.17, 15) is 4.79 Å². The Morgan fingerprint density at radius 1 is 1.00 bits per heavy atom. The molecule has 6 nitrogen and oxygen atoms in total. The molecule has 2 heterocycles. The van der Waals surface area contributed by atoms with Crippen LogP contribution in [0.5, 0.6) is 0 Å². The van der Waals surface area contributed by atoms with E-state index in [2.05, 4.69) is 16.2 Å². The van der Waals surface area contributed by atoms with Gasteiger partial charge in [0, 0.05) is 18.2 Å². The predicted molar refractivity (Wildman–Crippen MR) is 89.7 cm³/mol. The van der Waals surface area contributed by atoms with Crippen molar-refractivity contribution >= 4 is 11.1 Å². The first-order valence-corrected chi connectivity index (χ1v) is 7.53. The molecule has 4 aromatic rings. The van der Waals surface area contributed by atoms with E-state index in [0.717, 1.165) is 27.8 Å². The van der Waals surface area contributed by atoms with E-state index in [-0.39, 0.29) is 0 Å². The van der Waals surface area contributed by atoms with Gasteiger partial charge in [-0.05, 0) is 44.2 Å². The topological polar surface area (TPSA) is 74.1 Å². The molecular weight excluding hydrogens is 306 g/mol. The summed E-state index contributed by atoms with van der Waals surface area (Å²) < 4.78 is 12.1. The van der Waals surface area contributed by atoms with Crippen molar-refractivity contribution in [1.29, 1.82) is 0 Å². The quantitative estimate of drug-likeness (QED) is 0.565. The molecule has 2 aromatic heterocycles. The molecular formula is C18H15N3O3. The number of hydrogen-bond donors (Lipinski definition) is 0. The standard InChI is InChI=1S/C18H15N3O3/c1-10-6-11(2)8-13(7-10)17-19-16(20-24-17)12-4-5-14-15(9-12)23-18(22)21(14)3/h4-9H,1-3H3. The molecule has 0 saturated carbocycles. The highest BCUT2D eigenvalue weighted by Gasteiger charge is 2.13. The molecule has 0 bridgehead atoms. The second-order valence-corrected chi connectivity index (χ2v) is 5.91. The van der Waals surface area contributed by atoms with Crippen molar-refractivity contribution in [3.8, 4) is 22.8 Å². The maximum Gasteiger partial charge on any atom is 0.419 e. The largest absolute Gasteiger partial charge is 0.419 e. The summed E-state index contributed by atoms with van der Waals surface area (Å²) in [5.74, 6) is 0.523. The van der Waals surface area contributed by atoms with E-state index >= 15 is 0 Å². The van der Waals surface area contributed by atoms with Crippen molar-refractivity contribution in [2.75, 3.05) is 0 Å². The molecule has 2 aromatic carbocycles. The summed E-state index contributed by atoms with van der Waals surface area (Å²) >= 11 is 0. The lowest BCUT2D eigenvalue weighted by Gasteiger charge is -1.99. The maximum atomic E-state index is 11.6. The summed E-state index contributed by atoms with van der Waals surface area (Å²) in [5.41, 5.74) is 5.11. The van der Waals surface area contributed by atoms with Gasteiger partial charge >= 0.3 is 5.76 Å². The van der Waals surface area contributed by atoms with Crippen molar-refractivity contribution in [3.63, 3.8) is 0 Å². The first-order valence-electron chi connectivity index (χ1n) is 7.53.